The summed E-state index contributed by atoms with van der Waals surface area (Å²) in [5.41, 5.74) is 0.898. The normalized spacial score (nSPS) is 10.3. The lowest BCUT2D eigenvalue weighted by Crippen LogP contribution is -2.06. The number of rotatable bonds is 8. The smallest absolute Gasteiger partial charge is 0.341 e. The van der Waals surface area contributed by atoms with Crippen LogP contribution in [0.2, 0.25) is 0 Å². The number of carbonyl (C=O) groups is 1. The lowest BCUT2D eigenvalue weighted by atomic mass is 10.2. The average Bonchev–Trinajstić information content (AvgIpc) is 2.33. The van der Waals surface area contributed by atoms with Crippen molar-refractivity contribution < 1.29 is 14.6 Å². The molecule has 1 aromatic heterocycles. The Morgan fingerprint density at radius 2 is 2.06 bits per heavy atom. The summed E-state index contributed by atoms with van der Waals surface area (Å²) in [6.45, 7) is 4.56. The summed E-state index contributed by atoms with van der Waals surface area (Å²) in [6.07, 6.45) is 7.11. The zero-order chi connectivity index (χ0) is 13.4. The van der Waals surface area contributed by atoms with Crippen molar-refractivity contribution in [3.63, 3.8) is 0 Å². The van der Waals surface area contributed by atoms with E-state index in [-0.39, 0.29) is 5.56 Å². The van der Waals surface area contributed by atoms with Gasteiger partial charge >= 0.3 is 5.97 Å². The minimum absolute atomic E-state index is 0.133. The van der Waals surface area contributed by atoms with Gasteiger partial charge in [-0.15, -0.1) is 0 Å². The Morgan fingerprint density at radius 1 is 1.33 bits per heavy atom. The molecular weight excluding hydrogens is 230 g/mol. The van der Waals surface area contributed by atoms with E-state index >= 15 is 0 Å². The number of aryl methyl sites for hydroxylation is 1. The van der Waals surface area contributed by atoms with Crippen LogP contribution in [0, 0.1) is 6.92 Å². The van der Waals surface area contributed by atoms with Gasteiger partial charge in [0.25, 0.3) is 0 Å². The van der Waals surface area contributed by atoms with E-state index in [0.29, 0.717) is 12.4 Å². The molecule has 1 aromatic rings. The fourth-order valence-electron chi connectivity index (χ4n) is 1.70. The Hall–Kier alpha value is -1.58. The van der Waals surface area contributed by atoms with Crippen LogP contribution in [0.5, 0.6) is 5.75 Å². The minimum Gasteiger partial charge on any atom is -0.493 e. The van der Waals surface area contributed by atoms with Crippen LogP contribution in [0.3, 0.4) is 0 Å². The van der Waals surface area contributed by atoms with Gasteiger partial charge in [0.1, 0.15) is 11.3 Å². The van der Waals surface area contributed by atoms with Crippen molar-refractivity contribution in [2.75, 3.05) is 6.61 Å². The number of unbranched alkanes of at least 4 members (excludes halogenated alkanes) is 4. The first-order valence-electron chi connectivity index (χ1n) is 6.48. The highest BCUT2D eigenvalue weighted by Gasteiger charge is 2.11. The van der Waals surface area contributed by atoms with Gasteiger partial charge < -0.3 is 9.84 Å². The van der Waals surface area contributed by atoms with E-state index < -0.39 is 5.97 Å². The van der Waals surface area contributed by atoms with E-state index in [0.717, 1.165) is 18.5 Å². The third-order valence-corrected chi connectivity index (χ3v) is 2.74. The van der Waals surface area contributed by atoms with Gasteiger partial charge in [-0.05, 0) is 13.3 Å². The predicted molar refractivity (Wildman–Crippen MR) is 70.2 cm³/mol. The standard InChI is InChI=1S/C14H21NO3/c1-3-4-5-6-7-8-18-13-9-11(2)15-10-12(13)14(16)17/h9-10H,3-8H2,1-2H3,(H,16,17). The van der Waals surface area contributed by atoms with Gasteiger partial charge in [-0.3, -0.25) is 4.98 Å². The first kappa shape index (κ1) is 14.5. The van der Waals surface area contributed by atoms with Crippen molar-refractivity contribution in [2.24, 2.45) is 0 Å². The Balaban J connectivity index is 2.45. The molecule has 0 saturated heterocycles. The molecule has 0 fully saturated rings. The summed E-state index contributed by atoms with van der Waals surface area (Å²) < 4.78 is 5.54. The van der Waals surface area contributed by atoms with Crippen LogP contribution in [0.25, 0.3) is 0 Å². The Morgan fingerprint density at radius 3 is 2.72 bits per heavy atom. The van der Waals surface area contributed by atoms with Gasteiger partial charge in [0.2, 0.25) is 0 Å². The second kappa shape index (κ2) is 7.69. The summed E-state index contributed by atoms with van der Waals surface area (Å²) in [6, 6.07) is 1.68. The van der Waals surface area contributed by atoms with E-state index in [2.05, 4.69) is 11.9 Å². The van der Waals surface area contributed by atoms with E-state index in [1.807, 2.05) is 6.92 Å². The van der Waals surface area contributed by atoms with Gasteiger partial charge in [0.15, 0.2) is 0 Å². The molecule has 0 amide bonds. The highest BCUT2D eigenvalue weighted by atomic mass is 16.5. The predicted octanol–water partition coefficient (Wildman–Crippen LogP) is 3.44. The highest BCUT2D eigenvalue weighted by molar-refractivity contribution is 5.90. The molecule has 0 spiro atoms. The monoisotopic (exact) mass is 251 g/mol. The van der Waals surface area contributed by atoms with Crippen molar-refractivity contribution in [2.45, 2.75) is 46.0 Å². The maximum atomic E-state index is 11.0. The Kier molecular flexibility index (Phi) is 6.19. The molecule has 4 heteroatoms. The van der Waals surface area contributed by atoms with Crippen LogP contribution in [-0.4, -0.2) is 22.7 Å². The second-order valence-corrected chi connectivity index (χ2v) is 4.39. The topological polar surface area (TPSA) is 59.4 Å². The maximum absolute atomic E-state index is 11.0. The van der Waals surface area contributed by atoms with Crippen LogP contribution in [-0.2, 0) is 0 Å². The molecule has 100 valence electrons. The SMILES string of the molecule is CCCCCCCOc1cc(C)ncc1C(=O)O. The Labute approximate surface area is 108 Å². The number of pyridine rings is 1. The van der Waals surface area contributed by atoms with E-state index in [1.165, 1.54) is 25.5 Å². The molecule has 1 rings (SSSR count). The maximum Gasteiger partial charge on any atom is 0.341 e. The fourth-order valence-corrected chi connectivity index (χ4v) is 1.70. The van der Waals surface area contributed by atoms with E-state index in [1.54, 1.807) is 6.07 Å². The zero-order valence-corrected chi connectivity index (χ0v) is 11.1. The molecule has 0 aromatic carbocycles. The van der Waals surface area contributed by atoms with Crippen molar-refractivity contribution in [1.82, 2.24) is 4.98 Å². The first-order chi connectivity index (χ1) is 8.65. The van der Waals surface area contributed by atoms with Gasteiger partial charge in [-0.2, -0.15) is 0 Å². The molecular formula is C14H21NO3. The quantitative estimate of drug-likeness (QED) is 0.719. The Bertz CT molecular complexity index is 391. The van der Waals surface area contributed by atoms with Gasteiger partial charge in [0, 0.05) is 18.0 Å². The number of hydrogen-bond donors (Lipinski definition) is 1. The minimum atomic E-state index is -0.997. The number of aromatic carboxylic acids is 1. The number of carboxylic acid groups (broad SMARTS) is 1. The molecule has 0 saturated carbocycles. The first-order valence-corrected chi connectivity index (χ1v) is 6.48. The third kappa shape index (κ3) is 4.73. The number of carboxylic acids is 1. The largest absolute Gasteiger partial charge is 0.493 e. The summed E-state index contributed by atoms with van der Waals surface area (Å²) >= 11 is 0. The molecule has 1 N–H and O–H groups in total. The van der Waals surface area contributed by atoms with Crippen LogP contribution >= 0.6 is 0 Å². The summed E-state index contributed by atoms with van der Waals surface area (Å²) in [7, 11) is 0. The molecule has 0 aliphatic heterocycles. The van der Waals surface area contributed by atoms with Crippen LogP contribution < -0.4 is 4.74 Å². The van der Waals surface area contributed by atoms with Crippen molar-refractivity contribution in [3.8, 4) is 5.75 Å². The van der Waals surface area contributed by atoms with Crippen molar-refractivity contribution in [3.05, 3.63) is 23.5 Å². The van der Waals surface area contributed by atoms with Crippen LogP contribution in [0.4, 0.5) is 0 Å². The third-order valence-electron chi connectivity index (χ3n) is 2.74. The number of hydrogen-bond acceptors (Lipinski definition) is 3. The molecule has 0 aliphatic rings. The van der Waals surface area contributed by atoms with Crippen LogP contribution in [0.1, 0.15) is 55.1 Å². The molecule has 0 aliphatic carbocycles. The fraction of sp³-hybridized carbons (Fsp3) is 0.571. The molecule has 0 atom stereocenters. The molecule has 18 heavy (non-hydrogen) atoms. The van der Waals surface area contributed by atoms with Crippen molar-refractivity contribution >= 4 is 5.97 Å². The molecule has 0 radical (unpaired) electrons. The van der Waals surface area contributed by atoms with Gasteiger partial charge in [-0.1, -0.05) is 32.6 Å². The highest BCUT2D eigenvalue weighted by Crippen LogP contribution is 2.19. The second-order valence-electron chi connectivity index (χ2n) is 4.39. The summed E-state index contributed by atoms with van der Waals surface area (Å²) in [5, 5.41) is 9.01. The van der Waals surface area contributed by atoms with Gasteiger partial charge in [-0.25, -0.2) is 4.79 Å². The lowest BCUT2D eigenvalue weighted by molar-refractivity contribution is 0.0691. The van der Waals surface area contributed by atoms with Crippen LogP contribution in [0.15, 0.2) is 12.3 Å². The molecule has 0 unspecified atom stereocenters. The molecule has 1 heterocycles. The lowest BCUT2D eigenvalue weighted by Gasteiger charge is -2.09. The average molecular weight is 251 g/mol. The van der Waals surface area contributed by atoms with Gasteiger partial charge in [0.05, 0.1) is 6.61 Å². The molecule has 0 bridgehead atoms. The number of nitrogens with zero attached hydrogens (tertiary/aromatic N) is 1. The summed E-state index contributed by atoms with van der Waals surface area (Å²) in [4.78, 5) is 15.0. The molecule has 4 nitrogen and oxygen atoms in total. The van der Waals surface area contributed by atoms with Crippen molar-refractivity contribution in [1.29, 1.82) is 0 Å². The summed E-state index contributed by atoms with van der Waals surface area (Å²) in [5.74, 6) is -0.575. The van der Waals surface area contributed by atoms with E-state index in [9.17, 15) is 4.79 Å². The number of ether oxygens (including phenoxy) is 1. The number of aromatic nitrogens is 1. The van der Waals surface area contributed by atoms with E-state index in [4.69, 9.17) is 9.84 Å². The zero-order valence-electron chi connectivity index (χ0n) is 11.1.